The standard InChI is InChI=1S/C25H18Cl2N2O2S/c26-19-11-6-12-20(21(19)27)29-24(30)22(23(25(29)31)32-18-9-2-1-3-10-18)28-14-13-16-7-4-5-8-17(16)15-28/h1-12H,13-15H2. The van der Waals surface area contributed by atoms with Gasteiger partial charge in [-0.15, -0.1) is 0 Å². The van der Waals surface area contributed by atoms with Crippen LogP contribution in [0.2, 0.25) is 10.0 Å². The lowest BCUT2D eigenvalue weighted by Crippen LogP contribution is -2.37. The van der Waals surface area contributed by atoms with Crippen LogP contribution >= 0.6 is 35.0 Å². The molecule has 0 aliphatic carbocycles. The summed E-state index contributed by atoms with van der Waals surface area (Å²) in [6.45, 7) is 1.22. The van der Waals surface area contributed by atoms with Crippen LogP contribution < -0.4 is 4.90 Å². The molecule has 0 aromatic heterocycles. The molecule has 3 aromatic rings. The number of carbonyl (C=O) groups is 2. The van der Waals surface area contributed by atoms with E-state index in [9.17, 15) is 9.59 Å². The van der Waals surface area contributed by atoms with Gasteiger partial charge in [0.05, 0.1) is 15.7 Å². The third-order valence-corrected chi connectivity index (χ3v) is 7.49. The monoisotopic (exact) mass is 480 g/mol. The van der Waals surface area contributed by atoms with E-state index in [1.165, 1.54) is 17.3 Å². The smallest absolute Gasteiger partial charge is 0.283 e. The maximum atomic E-state index is 13.7. The Morgan fingerprint density at radius 3 is 2.28 bits per heavy atom. The van der Waals surface area contributed by atoms with Crippen LogP contribution in [-0.4, -0.2) is 23.3 Å². The van der Waals surface area contributed by atoms with Crippen molar-refractivity contribution in [3.63, 3.8) is 0 Å². The molecule has 2 heterocycles. The number of benzene rings is 3. The van der Waals surface area contributed by atoms with Crippen molar-refractivity contribution in [2.75, 3.05) is 11.4 Å². The molecule has 4 nitrogen and oxygen atoms in total. The van der Waals surface area contributed by atoms with Gasteiger partial charge in [-0.25, -0.2) is 4.90 Å². The Balaban J connectivity index is 1.58. The fourth-order valence-corrected chi connectivity index (χ4v) is 5.45. The fourth-order valence-electron chi connectivity index (χ4n) is 4.05. The molecule has 0 saturated carbocycles. The van der Waals surface area contributed by atoms with E-state index >= 15 is 0 Å². The van der Waals surface area contributed by atoms with Crippen LogP contribution in [0.15, 0.2) is 88.3 Å². The van der Waals surface area contributed by atoms with E-state index in [1.807, 2.05) is 47.4 Å². The highest BCUT2D eigenvalue weighted by Gasteiger charge is 2.43. The summed E-state index contributed by atoms with van der Waals surface area (Å²) < 4.78 is 0. The predicted molar refractivity (Wildman–Crippen MR) is 129 cm³/mol. The van der Waals surface area contributed by atoms with Crippen LogP contribution in [0.25, 0.3) is 0 Å². The SMILES string of the molecule is O=C1C(Sc2ccccc2)=C(N2CCc3ccccc3C2)C(=O)N1c1cccc(Cl)c1Cl. The largest absolute Gasteiger partial charge is 0.361 e. The maximum absolute atomic E-state index is 13.7. The van der Waals surface area contributed by atoms with E-state index < -0.39 is 0 Å². The molecule has 5 rings (SSSR count). The summed E-state index contributed by atoms with van der Waals surface area (Å²) >= 11 is 13.9. The molecule has 160 valence electrons. The summed E-state index contributed by atoms with van der Waals surface area (Å²) in [6, 6.07) is 22.7. The lowest BCUT2D eigenvalue weighted by atomic mass is 9.99. The van der Waals surface area contributed by atoms with Gasteiger partial charge in [0.2, 0.25) is 0 Å². The molecular formula is C25H18Cl2N2O2S. The number of hydrogen-bond donors (Lipinski definition) is 0. The molecule has 0 N–H and O–H groups in total. The molecule has 0 atom stereocenters. The summed E-state index contributed by atoms with van der Waals surface area (Å²) in [6.07, 6.45) is 0.808. The second-order valence-electron chi connectivity index (χ2n) is 7.55. The van der Waals surface area contributed by atoms with Crippen molar-refractivity contribution in [2.45, 2.75) is 17.9 Å². The summed E-state index contributed by atoms with van der Waals surface area (Å²) in [7, 11) is 0. The first-order chi connectivity index (χ1) is 15.5. The third-order valence-electron chi connectivity index (χ3n) is 5.60. The van der Waals surface area contributed by atoms with Crippen molar-refractivity contribution >= 4 is 52.5 Å². The van der Waals surface area contributed by atoms with Gasteiger partial charge in [0.15, 0.2) is 0 Å². The summed E-state index contributed by atoms with van der Waals surface area (Å²) in [5.41, 5.74) is 3.14. The Morgan fingerprint density at radius 1 is 0.781 bits per heavy atom. The summed E-state index contributed by atoms with van der Waals surface area (Å²) in [4.78, 5) is 31.7. The maximum Gasteiger partial charge on any atom is 0.283 e. The zero-order valence-corrected chi connectivity index (χ0v) is 19.3. The van der Waals surface area contributed by atoms with Crippen LogP contribution in [-0.2, 0) is 22.6 Å². The van der Waals surface area contributed by atoms with Crippen LogP contribution in [0.4, 0.5) is 5.69 Å². The number of halogens is 2. The van der Waals surface area contributed by atoms with Crippen molar-refractivity contribution in [1.29, 1.82) is 0 Å². The number of nitrogens with zero attached hydrogens (tertiary/aromatic N) is 2. The van der Waals surface area contributed by atoms with Crippen molar-refractivity contribution in [2.24, 2.45) is 0 Å². The van der Waals surface area contributed by atoms with E-state index in [-0.39, 0.29) is 16.8 Å². The van der Waals surface area contributed by atoms with Crippen LogP contribution in [0.3, 0.4) is 0 Å². The Morgan fingerprint density at radius 2 is 1.50 bits per heavy atom. The van der Waals surface area contributed by atoms with Gasteiger partial charge in [-0.2, -0.15) is 0 Å². The number of amides is 2. The Hall–Kier alpha value is -2.73. The van der Waals surface area contributed by atoms with Gasteiger partial charge in [0.1, 0.15) is 10.6 Å². The first-order valence-corrected chi connectivity index (χ1v) is 11.7. The van der Waals surface area contributed by atoms with Crippen LogP contribution in [0.1, 0.15) is 11.1 Å². The second-order valence-corrected chi connectivity index (χ2v) is 9.42. The third kappa shape index (κ3) is 3.71. The molecule has 0 unspecified atom stereocenters. The van der Waals surface area contributed by atoms with E-state index in [2.05, 4.69) is 12.1 Å². The van der Waals surface area contributed by atoms with Crippen molar-refractivity contribution in [3.05, 3.63) is 105 Å². The Kier molecular flexibility index (Phi) is 5.72. The molecule has 3 aromatic carbocycles. The van der Waals surface area contributed by atoms with Gasteiger partial charge in [0, 0.05) is 18.0 Å². The normalized spacial score (nSPS) is 16.1. The molecule has 0 bridgehead atoms. The number of hydrogen-bond acceptors (Lipinski definition) is 4. The molecule has 2 amide bonds. The number of rotatable bonds is 4. The molecule has 0 fully saturated rings. The van der Waals surface area contributed by atoms with Crippen molar-refractivity contribution < 1.29 is 9.59 Å². The van der Waals surface area contributed by atoms with Gasteiger partial charge < -0.3 is 4.90 Å². The van der Waals surface area contributed by atoms with Gasteiger partial charge in [-0.3, -0.25) is 9.59 Å². The Bertz CT molecular complexity index is 1260. The van der Waals surface area contributed by atoms with Gasteiger partial charge in [-0.05, 0) is 41.8 Å². The highest BCUT2D eigenvalue weighted by Crippen LogP contribution is 2.42. The molecule has 0 saturated heterocycles. The topological polar surface area (TPSA) is 40.6 Å². The number of anilines is 1. The van der Waals surface area contributed by atoms with E-state index in [0.717, 1.165) is 21.8 Å². The predicted octanol–water partition coefficient (Wildman–Crippen LogP) is 5.93. The summed E-state index contributed by atoms with van der Waals surface area (Å²) in [5.74, 6) is -0.765. The molecule has 32 heavy (non-hydrogen) atoms. The zero-order chi connectivity index (χ0) is 22.2. The van der Waals surface area contributed by atoms with E-state index in [0.29, 0.717) is 34.4 Å². The van der Waals surface area contributed by atoms with Crippen LogP contribution in [0, 0.1) is 0 Å². The van der Waals surface area contributed by atoms with E-state index in [4.69, 9.17) is 23.2 Å². The molecule has 2 aliphatic rings. The molecule has 7 heteroatoms. The molecular weight excluding hydrogens is 463 g/mol. The lowest BCUT2D eigenvalue weighted by Gasteiger charge is -2.31. The summed E-state index contributed by atoms with van der Waals surface area (Å²) in [5, 5.41) is 0.479. The Labute approximate surface area is 200 Å². The van der Waals surface area contributed by atoms with Crippen molar-refractivity contribution in [1.82, 2.24) is 4.90 Å². The first-order valence-electron chi connectivity index (χ1n) is 10.2. The quantitative estimate of drug-likeness (QED) is 0.434. The van der Waals surface area contributed by atoms with Crippen LogP contribution in [0.5, 0.6) is 0 Å². The molecule has 0 radical (unpaired) electrons. The van der Waals surface area contributed by atoms with Gasteiger partial charge in [0.25, 0.3) is 11.8 Å². The average Bonchev–Trinajstić information content (AvgIpc) is 3.05. The second kappa shape index (κ2) is 8.66. The highest BCUT2D eigenvalue weighted by molar-refractivity contribution is 8.04. The van der Waals surface area contributed by atoms with Gasteiger partial charge >= 0.3 is 0 Å². The highest BCUT2D eigenvalue weighted by atomic mass is 35.5. The molecule has 2 aliphatic heterocycles. The van der Waals surface area contributed by atoms with E-state index in [1.54, 1.807) is 18.2 Å². The first kappa shape index (κ1) is 21.1. The average molecular weight is 481 g/mol. The number of thioether (sulfide) groups is 1. The zero-order valence-electron chi connectivity index (χ0n) is 16.9. The number of fused-ring (bicyclic) bond motifs is 1. The lowest BCUT2D eigenvalue weighted by molar-refractivity contribution is -0.121. The fraction of sp³-hybridized carbons (Fsp3) is 0.120. The number of imide groups is 1. The minimum absolute atomic E-state index is 0.185. The minimum atomic E-state index is -0.387. The molecule has 0 spiro atoms. The minimum Gasteiger partial charge on any atom is -0.361 e. The number of carbonyl (C=O) groups excluding carboxylic acids is 2. The van der Waals surface area contributed by atoms with Gasteiger partial charge in [-0.1, -0.05) is 83.5 Å². The van der Waals surface area contributed by atoms with Crippen molar-refractivity contribution in [3.8, 4) is 0 Å².